The van der Waals surface area contributed by atoms with E-state index in [1.54, 1.807) is 23.1 Å². The fourth-order valence-corrected chi connectivity index (χ4v) is 6.11. The molecule has 0 saturated heterocycles. The lowest BCUT2D eigenvalue weighted by molar-refractivity contribution is -0.143. The highest BCUT2D eigenvalue weighted by molar-refractivity contribution is 9.10. The summed E-state index contributed by atoms with van der Waals surface area (Å²) in [5.74, 6) is 0.0514. The zero-order chi connectivity index (χ0) is 28.5. The first-order valence-electron chi connectivity index (χ1n) is 13.8. The number of rotatable bonds is 11. The number of hydrogen-bond donors (Lipinski definition) is 1. The van der Waals surface area contributed by atoms with E-state index in [0.29, 0.717) is 27.8 Å². The molecule has 1 aliphatic carbocycles. The van der Waals surface area contributed by atoms with E-state index < -0.39 is 6.04 Å². The molecule has 0 heterocycles. The lowest BCUT2D eigenvalue weighted by Crippen LogP contribution is -2.53. The molecule has 1 atom stereocenters. The number of hydrogen-bond acceptors (Lipinski definition) is 3. The van der Waals surface area contributed by atoms with Crippen molar-refractivity contribution >= 4 is 50.9 Å². The van der Waals surface area contributed by atoms with E-state index in [1.165, 1.54) is 6.42 Å². The van der Waals surface area contributed by atoms with Gasteiger partial charge in [0.2, 0.25) is 5.91 Å². The van der Waals surface area contributed by atoms with Gasteiger partial charge < -0.3 is 15.0 Å². The highest BCUT2D eigenvalue weighted by Crippen LogP contribution is 2.29. The van der Waals surface area contributed by atoms with E-state index in [9.17, 15) is 9.59 Å². The molecule has 3 aromatic rings. The Kier molecular flexibility index (Phi) is 11.3. The van der Waals surface area contributed by atoms with Gasteiger partial charge in [-0.15, -0.1) is 0 Å². The van der Waals surface area contributed by atoms with Crippen molar-refractivity contribution in [1.29, 1.82) is 0 Å². The molecule has 0 aliphatic heterocycles. The maximum Gasteiger partial charge on any atom is 0.261 e. The van der Waals surface area contributed by atoms with Gasteiger partial charge in [-0.3, -0.25) is 9.59 Å². The maximum absolute atomic E-state index is 13.9. The molecule has 1 fully saturated rings. The summed E-state index contributed by atoms with van der Waals surface area (Å²) in [7, 11) is 0. The molecule has 3 aromatic carbocycles. The quantitative estimate of drug-likeness (QED) is 0.232. The Balaban J connectivity index is 1.65. The molecule has 2 amide bonds. The molecule has 5 nitrogen and oxygen atoms in total. The van der Waals surface area contributed by atoms with Gasteiger partial charge >= 0.3 is 0 Å². The summed E-state index contributed by atoms with van der Waals surface area (Å²) < 4.78 is 6.75. The molecule has 0 aromatic heterocycles. The summed E-state index contributed by atoms with van der Waals surface area (Å²) in [5, 5.41) is 4.12. The zero-order valence-corrected chi connectivity index (χ0v) is 25.8. The van der Waals surface area contributed by atoms with Crippen molar-refractivity contribution in [1.82, 2.24) is 10.2 Å². The maximum atomic E-state index is 13.9. The fourth-order valence-electron chi connectivity index (χ4n) is 5.06. The molecular weight excluding hydrogens is 611 g/mol. The second-order valence-corrected chi connectivity index (χ2v) is 11.8. The summed E-state index contributed by atoms with van der Waals surface area (Å²) in [6.07, 6.45) is 6.49. The Morgan fingerprint density at radius 3 is 2.33 bits per heavy atom. The largest absolute Gasteiger partial charge is 0.483 e. The summed E-state index contributed by atoms with van der Waals surface area (Å²) in [4.78, 5) is 29.4. The second-order valence-electron chi connectivity index (χ2n) is 10.2. The Bertz CT molecular complexity index is 1280. The van der Waals surface area contributed by atoms with Crippen molar-refractivity contribution in [3.63, 3.8) is 0 Å². The Labute approximate surface area is 255 Å². The van der Waals surface area contributed by atoms with Gasteiger partial charge in [0.25, 0.3) is 5.91 Å². The van der Waals surface area contributed by atoms with Crippen LogP contribution in [0.4, 0.5) is 0 Å². The first-order chi connectivity index (χ1) is 19.4. The minimum atomic E-state index is -0.779. The Morgan fingerprint density at radius 1 is 0.975 bits per heavy atom. The molecule has 40 heavy (non-hydrogen) atoms. The summed E-state index contributed by atoms with van der Waals surface area (Å²) in [6.45, 7) is 1.91. The number of halogens is 3. The monoisotopic (exact) mass is 644 g/mol. The van der Waals surface area contributed by atoms with Crippen LogP contribution in [0, 0.1) is 0 Å². The topological polar surface area (TPSA) is 58.6 Å². The molecule has 1 saturated carbocycles. The SMILES string of the molecule is CCc1ccc(OCC(=O)N(Cc2c(Cl)cccc2Cl)[C@@H](Cc2ccccc2)C(=O)NC2CCCCC2)c(Br)c1. The standard InChI is InChI=1S/C32H35BrCl2N2O3/c1-2-22-16-17-30(26(33)18-22)40-21-31(38)37(20-25-27(34)14-9-15-28(25)35)29(19-23-10-5-3-6-11-23)32(39)36-24-12-7-4-8-13-24/h3,5-6,9-11,14-18,24,29H,2,4,7-8,12-13,19-21H2,1H3,(H,36,39)/t29-/m0/s1. The van der Waals surface area contributed by atoms with Gasteiger partial charge in [0, 0.05) is 34.6 Å². The molecule has 0 unspecified atom stereocenters. The highest BCUT2D eigenvalue weighted by Gasteiger charge is 2.33. The van der Waals surface area contributed by atoms with Crippen LogP contribution in [0.3, 0.4) is 0 Å². The normalized spacial score (nSPS) is 14.4. The molecule has 0 spiro atoms. The van der Waals surface area contributed by atoms with Gasteiger partial charge in [-0.1, -0.05) is 91.9 Å². The predicted molar refractivity (Wildman–Crippen MR) is 165 cm³/mol. The zero-order valence-electron chi connectivity index (χ0n) is 22.7. The molecule has 4 rings (SSSR count). The lowest BCUT2D eigenvalue weighted by Gasteiger charge is -2.33. The number of benzene rings is 3. The Morgan fingerprint density at radius 2 is 1.68 bits per heavy atom. The Hall–Kier alpha value is -2.54. The van der Waals surface area contributed by atoms with Crippen molar-refractivity contribution in [2.75, 3.05) is 6.61 Å². The highest BCUT2D eigenvalue weighted by atomic mass is 79.9. The first kappa shape index (κ1) is 30.4. The smallest absolute Gasteiger partial charge is 0.261 e. The number of nitrogens with one attached hydrogen (secondary N) is 1. The van der Waals surface area contributed by atoms with Crippen LogP contribution in [0.15, 0.2) is 71.2 Å². The fraction of sp³-hybridized carbons (Fsp3) is 0.375. The number of carbonyl (C=O) groups excluding carboxylic acids is 2. The van der Waals surface area contributed by atoms with E-state index in [-0.39, 0.29) is 31.0 Å². The van der Waals surface area contributed by atoms with Crippen LogP contribution < -0.4 is 10.1 Å². The van der Waals surface area contributed by atoms with E-state index in [4.69, 9.17) is 27.9 Å². The van der Waals surface area contributed by atoms with Crippen LogP contribution in [0.5, 0.6) is 5.75 Å². The first-order valence-corrected chi connectivity index (χ1v) is 15.4. The van der Waals surface area contributed by atoms with E-state index in [0.717, 1.165) is 47.7 Å². The van der Waals surface area contributed by atoms with Gasteiger partial charge in [-0.25, -0.2) is 0 Å². The average Bonchev–Trinajstić information content (AvgIpc) is 2.96. The van der Waals surface area contributed by atoms with Gasteiger partial charge in [0.1, 0.15) is 11.8 Å². The van der Waals surface area contributed by atoms with E-state index in [2.05, 4.69) is 28.2 Å². The number of nitrogens with zero attached hydrogens (tertiary/aromatic N) is 1. The van der Waals surface area contributed by atoms with Crippen molar-refractivity contribution in [2.45, 2.75) is 70.5 Å². The number of aryl methyl sites for hydroxylation is 1. The van der Waals surface area contributed by atoms with Crippen LogP contribution in [-0.2, 0) is 29.0 Å². The molecule has 1 N–H and O–H groups in total. The third-order valence-electron chi connectivity index (χ3n) is 7.37. The van der Waals surface area contributed by atoms with Crippen LogP contribution in [0.2, 0.25) is 10.0 Å². The van der Waals surface area contributed by atoms with Gasteiger partial charge in [-0.2, -0.15) is 0 Å². The van der Waals surface area contributed by atoms with Crippen molar-refractivity contribution in [3.8, 4) is 5.75 Å². The van der Waals surface area contributed by atoms with Gasteiger partial charge in [0.05, 0.1) is 4.47 Å². The van der Waals surface area contributed by atoms with Crippen LogP contribution >= 0.6 is 39.1 Å². The van der Waals surface area contributed by atoms with Crippen LogP contribution in [0.1, 0.15) is 55.7 Å². The number of ether oxygens (including phenoxy) is 1. The second kappa shape index (κ2) is 14.9. The third kappa shape index (κ3) is 8.25. The van der Waals surface area contributed by atoms with Crippen molar-refractivity contribution in [3.05, 3.63) is 97.9 Å². The number of carbonyl (C=O) groups is 2. The predicted octanol–water partition coefficient (Wildman–Crippen LogP) is 7.79. The number of amides is 2. The van der Waals surface area contributed by atoms with Crippen LogP contribution in [-0.4, -0.2) is 35.4 Å². The van der Waals surface area contributed by atoms with Gasteiger partial charge in [0.15, 0.2) is 6.61 Å². The van der Waals surface area contributed by atoms with Gasteiger partial charge in [-0.05, 0) is 70.6 Å². The lowest BCUT2D eigenvalue weighted by atomic mass is 9.94. The molecule has 212 valence electrons. The minimum Gasteiger partial charge on any atom is -0.483 e. The van der Waals surface area contributed by atoms with E-state index >= 15 is 0 Å². The summed E-state index contributed by atoms with van der Waals surface area (Å²) in [6, 6.07) is 20.1. The minimum absolute atomic E-state index is 0.0756. The molecule has 1 aliphatic rings. The molecule has 0 radical (unpaired) electrons. The van der Waals surface area contributed by atoms with E-state index in [1.807, 2.05) is 48.5 Å². The third-order valence-corrected chi connectivity index (χ3v) is 8.70. The summed E-state index contributed by atoms with van der Waals surface area (Å²) >= 11 is 16.6. The van der Waals surface area contributed by atoms with Crippen LogP contribution in [0.25, 0.3) is 0 Å². The molecule has 8 heteroatoms. The summed E-state index contributed by atoms with van der Waals surface area (Å²) in [5.41, 5.74) is 2.70. The molecule has 0 bridgehead atoms. The van der Waals surface area contributed by atoms with Crippen molar-refractivity contribution in [2.24, 2.45) is 0 Å². The molecular formula is C32H35BrCl2N2O3. The average molecular weight is 646 g/mol. The van der Waals surface area contributed by atoms with Crippen molar-refractivity contribution < 1.29 is 14.3 Å².